The summed E-state index contributed by atoms with van der Waals surface area (Å²) in [5.74, 6) is -0.914. The largest absolute Gasteiger partial charge is 0.390 e. The third kappa shape index (κ3) is 3.25. The van der Waals surface area contributed by atoms with Crippen LogP contribution >= 0.6 is 11.3 Å². The van der Waals surface area contributed by atoms with E-state index in [0.29, 0.717) is 10.6 Å². The van der Waals surface area contributed by atoms with Gasteiger partial charge in [0, 0.05) is 4.88 Å². The molecule has 1 aromatic carbocycles. The van der Waals surface area contributed by atoms with Crippen LogP contribution < -0.4 is 5.32 Å². The fourth-order valence-electron chi connectivity index (χ4n) is 3.33. The maximum atomic E-state index is 12.9. The Hall–Kier alpha value is -3.51. The second kappa shape index (κ2) is 7.25. The normalized spacial score (nSPS) is 12.4. The average Bonchev–Trinajstić information content (AvgIpc) is 3.37. The number of fused-ring (bicyclic) bond motifs is 1. The van der Waals surface area contributed by atoms with Crippen LogP contribution in [0.3, 0.4) is 0 Å². The minimum absolute atomic E-state index is 0.0769. The molecular formula is C19H15N5O3S. The van der Waals surface area contributed by atoms with Crippen LogP contribution in [0.25, 0.3) is 0 Å². The molecule has 0 spiro atoms. The van der Waals surface area contributed by atoms with Crippen LogP contribution in [0.4, 0.5) is 10.8 Å². The van der Waals surface area contributed by atoms with Crippen LogP contribution in [0.5, 0.6) is 0 Å². The molecule has 1 amide bonds. The van der Waals surface area contributed by atoms with E-state index in [2.05, 4.69) is 16.5 Å². The fourth-order valence-corrected chi connectivity index (χ4v) is 4.56. The monoisotopic (exact) mass is 393 g/mol. The first kappa shape index (κ1) is 17.9. The van der Waals surface area contributed by atoms with Crippen molar-refractivity contribution in [2.24, 2.45) is 0 Å². The topological polar surface area (TPSA) is 114 Å². The third-order valence-electron chi connectivity index (χ3n) is 4.62. The molecular weight excluding hydrogens is 378 g/mol. The first-order valence-electron chi connectivity index (χ1n) is 8.69. The Kier molecular flexibility index (Phi) is 4.63. The van der Waals surface area contributed by atoms with Crippen molar-refractivity contribution in [1.82, 2.24) is 9.78 Å². The van der Waals surface area contributed by atoms with Gasteiger partial charge in [-0.15, -0.1) is 11.3 Å². The molecule has 0 aliphatic heterocycles. The van der Waals surface area contributed by atoms with E-state index >= 15 is 0 Å². The molecule has 1 aliphatic carbocycles. The average molecular weight is 393 g/mol. The van der Waals surface area contributed by atoms with Gasteiger partial charge in [-0.05, 0) is 35.3 Å². The van der Waals surface area contributed by atoms with Crippen molar-refractivity contribution in [3.63, 3.8) is 0 Å². The molecule has 1 aliphatic rings. The summed E-state index contributed by atoms with van der Waals surface area (Å²) in [7, 11) is 0. The summed E-state index contributed by atoms with van der Waals surface area (Å²) in [5.41, 5.74) is 2.44. The number of nitrogens with zero attached hydrogens (tertiary/aromatic N) is 4. The Morgan fingerprint density at radius 2 is 2.14 bits per heavy atom. The SMILES string of the molecule is N#Cc1c(NC(=O)c2cc([N+](=O)[O-])nn2Cc2ccccc2)sc2c1CCC2. The maximum absolute atomic E-state index is 12.9. The Labute approximate surface area is 164 Å². The van der Waals surface area contributed by atoms with Crippen molar-refractivity contribution in [1.29, 1.82) is 5.26 Å². The molecule has 2 heterocycles. The molecule has 1 N–H and O–H groups in total. The van der Waals surface area contributed by atoms with Crippen LogP contribution in [0.15, 0.2) is 36.4 Å². The minimum Gasteiger partial charge on any atom is -0.358 e. The highest BCUT2D eigenvalue weighted by Gasteiger charge is 2.27. The number of hydrogen-bond donors (Lipinski definition) is 1. The summed E-state index contributed by atoms with van der Waals surface area (Å²) in [6.45, 7) is 0.226. The number of nitrogens with one attached hydrogen (secondary N) is 1. The van der Waals surface area contributed by atoms with E-state index in [9.17, 15) is 20.2 Å². The second-order valence-corrected chi connectivity index (χ2v) is 7.52. The zero-order chi connectivity index (χ0) is 19.7. The summed E-state index contributed by atoms with van der Waals surface area (Å²) in [4.78, 5) is 24.5. The molecule has 0 atom stereocenters. The number of benzene rings is 1. The van der Waals surface area contributed by atoms with Crippen molar-refractivity contribution in [3.05, 3.63) is 73.8 Å². The molecule has 0 fully saturated rings. The minimum atomic E-state index is -0.626. The van der Waals surface area contributed by atoms with Gasteiger partial charge in [0.15, 0.2) is 5.69 Å². The third-order valence-corrected chi connectivity index (χ3v) is 5.83. The second-order valence-electron chi connectivity index (χ2n) is 6.42. The molecule has 0 unspecified atom stereocenters. The quantitative estimate of drug-likeness (QED) is 0.526. The summed E-state index contributed by atoms with van der Waals surface area (Å²) < 4.78 is 1.32. The van der Waals surface area contributed by atoms with Crippen LogP contribution in [0.2, 0.25) is 0 Å². The zero-order valence-electron chi connectivity index (χ0n) is 14.7. The van der Waals surface area contributed by atoms with E-state index in [1.807, 2.05) is 30.3 Å². The van der Waals surface area contributed by atoms with Gasteiger partial charge in [0.25, 0.3) is 5.91 Å². The van der Waals surface area contributed by atoms with Crippen molar-refractivity contribution in [3.8, 4) is 6.07 Å². The number of amides is 1. The van der Waals surface area contributed by atoms with Gasteiger partial charge in [0.05, 0.1) is 23.3 Å². The van der Waals surface area contributed by atoms with Gasteiger partial charge in [-0.3, -0.25) is 4.79 Å². The first-order valence-corrected chi connectivity index (χ1v) is 9.50. The van der Waals surface area contributed by atoms with Gasteiger partial charge >= 0.3 is 5.82 Å². The van der Waals surface area contributed by atoms with Gasteiger partial charge in [-0.2, -0.15) is 9.94 Å². The zero-order valence-corrected chi connectivity index (χ0v) is 15.5. The molecule has 8 nitrogen and oxygen atoms in total. The standard InChI is InChI=1S/C19H15N5O3S/c20-10-14-13-7-4-8-16(13)28-19(14)21-18(25)15-9-17(24(26)27)22-23(15)11-12-5-2-1-3-6-12/h1-3,5-6,9H,4,7-8,11H2,(H,21,25). The lowest BCUT2D eigenvalue weighted by molar-refractivity contribution is -0.389. The molecule has 0 saturated carbocycles. The lowest BCUT2D eigenvalue weighted by Gasteiger charge is -2.05. The lowest BCUT2D eigenvalue weighted by Crippen LogP contribution is -2.18. The van der Waals surface area contributed by atoms with Gasteiger partial charge in [0.1, 0.15) is 11.1 Å². The number of nitriles is 1. The van der Waals surface area contributed by atoms with Crippen molar-refractivity contribution < 1.29 is 9.72 Å². The van der Waals surface area contributed by atoms with E-state index in [0.717, 1.165) is 41.3 Å². The van der Waals surface area contributed by atoms with Crippen LogP contribution in [-0.4, -0.2) is 20.6 Å². The molecule has 9 heteroatoms. The maximum Gasteiger partial charge on any atom is 0.390 e. The summed E-state index contributed by atoms with van der Waals surface area (Å²) in [5, 5.41) is 27.8. The Balaban J connectivity index is 1.66. The van der Waals surface area contributed by atoms with E-state index in [1.165, 1.54) is 16.0 Å². The van der Waals surface area contributed by atoms with Crippen molar-refractivity contribution in [2.45, 2.75) is 25.8 Å². The Bertz CT molecular complexity index is 1110. The number of thiophene rings is 1. The number of anilines is 1. The number of carbonyl (C=O) groups is 1. The molecule has 3 aromatic rings. The van der Waals surface area contributed by atoms with E-state index in [4.69, 9.17) is 0 Å². The number of rotatable bonds is 5. The molecule has 4 rings (SSSR count). The van der Waals surface area contributed by atoms with Crippen LogP contribution in [0.1, 0.15) is 38.5 Å². The molecule has 0 bridgehead atoms. The van der Waals surface area contributed by atoms with E-state index in [1.54, 1.807) is 0 Å². The van der Waals surface area contributed by atoms with Crippen LogP contribution in [-0.2, 0) is 19.4 Å². The number of hydrogen-bond acceptors (Lipinski definition) is 6. The molecule has 2 aromatic heterocycles. The summed E-state index contributed by atoms with van der Waals surface area (Å²) in [6.07, 6.45) is 2.75. The van der Waals surface area contributed by atoms with Crippen molar-refractivity contribution >= 4 is 28.1 Å². The van der Waals surface area contributed by atoms with E-state index < -0.39 is 16.6 Å². The highest BCUT2D eigenvalue weighted by atomic mass is 32.1. The predicted molar refractivity (Wildman–Crippen MR) is 103 cm³/mol. The Morgan fingerprint density at radius 1 is 1.36 bits per heavy atom. The smallest absolute Gasteiger partial charge is 0.358 e. The molecule has 140 valence electrons. The highest BCUT2D eigenvalue weighted by Crippen LogP contribution is 2.38. The number of aromatic nitrogens is 2. The summed E-state index contributed by atoms with van der Waals surface area (Å²) >= 11 is 1.40. The van der Waals surface area contributed by atoms with Gasteiger partial charge in [-0.25, -0.2) is 0 Å². The number of nitro groups is 1. The lowest BCUT2D eigenvalue weighted by atomic mass is 10.1. The number of carbonyl (C=O) groups excluding carboxylic acids is 1. The first-order chi connectivity index (χ1) is 13.6. The van der Waals surface area contributed by atoms with E-state index in [-0.39, 0.29) is 12.2 Å². The molecule has 28 heavy (non-hydrogen) atoms. The fraction of sp³-hybridized carbons (Fsp3) is 0.211. The van der Waals surface area contributed by atoms with Crippen molar-refractivity contribution in [2.75, 3.05) is 5.32 Å². The van der Waals surface area contributed by atoms with Gasteiger partial charge < -0.3 is 15.4 Å². The summed E-state index contributed by atoms with van der Waals surface area (Å²) in [6, 6.07) is 12.6. The van der Waals surface area contributed by atoms with Crippen LogP contribution in [0, 0.1) is 21.4 Å². The predicted octanol–water partition coefficient (Wildman–Crippen LogP) is 3.51. The molecule has 0 radical (unpaired) electrons. The highest BCUT2D eigenvalue weighted by molar-refractivity contribution is 7.16. The Morgan fingerprint density at radius 3 is 2.86 bits per heavy atom. The van der Waals surface area contributed by atoms with Gasteiger partial charge in [0.2, 0.25) is 0 Å². The number of aryl methyl sites for hydroxylation is 1. The molecule has 0 saturated heterocycles. The van der Waals surface area contributed by atoms with Gasteiger partial charge in [-0.1, -0.05) is 30.3 Å².